The molecule has 0 fully saturated rings. The van der Waals surface area contributed by atoms with Crippen LogP contribution in [0.1, 0.15) is 48.6 Å². The molecule has 242 valence electrons. The summed E-state index contributed by atoms with van der Waals surface area (Å²) >= 11 is 6.33. The first-order valence-corrected chi connectivity index (χ1v) is 17.0. The number of carbonyl (C=O) groups excluding carboxylic acids is 2. The smallest absolute Gasteiger partial charge is 0.264 e. The fourth-order valence-electron chi connectivity index (χ4n) is 5.18. The lowest BCUT2D eigenvalue weighted by molar-refractivity contribution is -0.140. The summed E-state index contributed by atoms with van der Waals surface area (Å²) in [5.41, 5.74) is 3.85. The predicted octanol–water partition coefficient (Wildman–Crippen LogP) is 7.02. The molecule has 0 aliphatic heterocycles. The second-order valence-electron chi connectivity index (χ2n) is 12.7. The van der Waals surface area contributed by atoms with E-state index < -0.39 is 34.1 Å². The average molecular weight is 660 g/mol. The van der Waals surface area contributed by atoms with Crippen LogP contribution in [-0.4, -0.2) is 43.3 Å². The van der Waals surface area contributed by atoms with Gasteiger partial charge in [0.05, 0.1) is 10.6 Å². The number of nitrogens with zero attached hydrogens (tertiary/aromatic N) is 2. The first kappa shape index (κ1) is 34.7. The van der Waals surface area contributed by atoms with Crippen molar-refractivity contribution in [1.29, 1.82) is 0 Å². The van der Waals surface area contributed by atoms with E-state index in [0.717, 1.165) is 21.0 Å². The van der Waals surface area contributed by atoms with Gasteiger partial charge in [0.2, 0.25) is 11.8 Å². The molecule has 7 nitrogen and oxygen atoms in total. The Hall–Kier alpha value is -4.14. The minimum atomic E-state index is -4.19. The van der Waals surface area contributed by atoms with Crippen molar-refractivity contribution in [2.75, 3.05) is 10.8 Å². The molecule has 1 N–H and O–H groups in total. The summed E-state index contributed by atoms with van der Waals surface area (Å²) in [5, 5.41) is 3.53. The Morgan fingerprint density at radius 3 is 2.07 bits per heavy atom. The third-order valence-corrected chi connectivity index (χ3v) is 9.54. The van der Waals surface area contributed by atoms with Gasteiger partial charge in [-0.25, -0.2) is 8.42 Å². The molecule has 46 heavy (non-hydrogen) atoms. The molecular formula is C37H42ClN3O4S. The fourth-order valence-corrected chi connectivity index (χ4v) is 6.86. The van der Waals surface area contributed by atoms with Crippen LogP contribution < -0.4 is 9.62 Å². The van der Waals surface area contributed by atoms with Crippen LogP contribution in [0, 0.1) is 20.8 Å². The first-order chi connectivity index (χ1) is 21.6. The number of hydrogen-bond acceptors (Lipinski definition) is 4. The van der Waals surface area contributed by atoms with Gasteiger partial charge >= 0.3 is 0 Å². The molecule has 0 aromatic heterocycles. The van der Waals surface area contributed by atoms with Gasteiger partial charge < -0.3 is 10.2 Å². The Kier molecular flexibility index (Phi) is 11.0. The summed E-state index contributed by atoms with van der Waals surface area (Å²) in [6.45, 7) is 10.7. The zero-order valence-corrected chi connectivity index (χ0v) is 28.8. The normalized spacial score (nSPS) is 12.3. The van der Waals surface area contributed by atoms with E-state index in [2.05, 4.69) is 5.32 Å². The number of sulfonamides is 1. The molecular weight excluding hydrogens is 618 g/mol. The number of amides is 2. The second kappa shape index (κ2) is 14.5. The van der Waals surface area contributed by atoms with Crippen molar-refractivity contribution < 1.29 is 18.0 Å². The number of carbonyl (C=O) groups is 2. The van der Waals surface area contributed by atoms with Crippen LogP contribution in [0.2, 0.25) is 5.02 Å². The monoisotopic (exact) mass is 659 g/mol. The maximum absolute atomic E-state index is 14.7. The number of benzene rings is 4. The van der Waals surface area contributed by atoms with Crippen LogP contribution in [-0.2, 0) is 32.6 Å². The van der Waals surface area contributed by atoms with Crippen molar-refractivity contribution in [2.45, 2.75) is 71.0 Å². The number of rotatable bonds is 11. The van der Waals surface area contributed by atoms with E-state index in [-0.39, 0.29) is 23.8 Å². The van der Waals surface area contributed by atoms with Crippen LogP contribution in [0.25, 0.3) is 0 Å². The molecule has 4 aromatic rings. The van der Waals surface area contributed by atoms with E-state index in [4.69, 9.17) is 11.6 Å². The number of anilines is 1. The van der Waals surface area contributed by atoms with Gasteiger partial charge in [-0.2, -0.15) is 0 Å². The van der Waals surface area contributed by atoms with Gasteiger partial charge in [0, 0.05) is 23.5 Å². The number of aryl methyl sites for hydroxylation is 3. The minimum absolute atomic E-state index is 0.0413. The van der Waals surface area contributed by atoms with E-state index in [1.807, 2.05) is 90.1 Å². The summed E-state index contributed by atoms with van der Waals surface area (Å²) in [6, 6.07) is 27.7. The van der Waals surface area contributed by atoms with Gasteiger partial charge in [0.25, 0.3) is 10.0 Å². The zero-order valence-electron chi connectivity index (χ0n) is 27.2. The Morgan fingerprint density at radius 1 is 0.804 bits per heavy atom. The standard InChI is InChI=1S/C37H42ClN3O4S/c1-26-16-19-32(20-17-26)46(44,45)41(33-21-27(2)15-18-28(33)3)25-35(42)40(24-30-13-10-14-31(38)22-30)34(36(43)39-37(4,5)6)23-29-11-8-7-9-12-29/h7-22,34H,23-25H2,1-6H3,(H,39,43)/t34-/m0/s1. The Bertz CT molecular complexity index is 1790. The molecule has 9 heteroatoms. The van der Waals surface area contributed by atoms with E-state index in [1.54, 1.807) is 48.5 Å². The molecule has 0 aliphatic carbocycles. The molecule has 0 saturated carbocycles. The Morgan fingerprint density at radius 2 is 1.43 bits per heavy atom. The SMILES string of the molecule is Cc1ccc(S(=O)(=O)N(CC(=O)N(Cc2cccc(Cl)c2)[C@@H](Cc2ccccc2)C(=O)NC(C)(C)C)c2cc(C)ccc2C)cc1. The number of nitrogens with one attached hydrogen (secondary N) is 1. The lowest BCUT2D eigenvalue weighted by Crippen LogP contribution is -2.56. The van der Waals surface area contributed by atoms with E-state index in [1.165, 1.54) is 4.90 Å². The minimum Gasteiger partial charge on any atom is -0.350 e. The largest absolute Gasteiger partial charge is 0.350 e. The topological polar surface area (TPSA) is 86.8 Å². The maximum Gasteiger partial charge on any atom is 0.264 e. The third-order valence-electron chi connectivity index (χ3n) is 7.53. The highest BCUT2D eigenvalue weighted by molar-refractivity contribution is 7.92. The van der Waals surface area contributed by atoms with Crippen molar-refractivity contribution >= 4 is 39.1 Å². The molecule has 0 heterocycles. The molecule has 2 amide bonds. The molecule has 0 saturated heterocycles. The van der Waals surface area contributed by atoms with Gasteiger partial charge in [-0.3, -0.25) is 13.9 Å². The van der Waals surface area contributed by atoms with Crippen molar-refractivity contribution in [3.05, 3.63) is 130 Å². The molecule has 0 bridgehead atoms. The summed E-state index contributed by atoms with van der Waals surface area (Å²) < 4.78 is 29.8. The fraction of sp³-hybridized carbons (Fsp3) is 0.297. The van der Waals surface area contributed by atoms with Crippen LogP contribution in [0.15, 0.2) is 102 Å². The van der Waals surface area contributed by atoms with Gasteiger partial charge in [-0.05, 0) is 94.1 Å². The Labute approximate surface area is 278 Å². The molecule has 1 atom stereocenters. The second-order valence-corrected chi connectivity index (χ2v) is 15.0. The number of hydrogen-bond donors (Lipinski definition) is 1. The van der Waals surface area contributed by atoms with E-state index >= 15 is 0 Å². The van der Waals surface area contributed by atoms with Crippen molar-refractivity contribution in [3.63, 3.8) is 0 Å². The summed E-state index contributed by atoms with van der Waals surface area (Å²) in [7, 11) is -4.19. The Balaban J connectivity index is 1.85. The summed E-state index contributed by atoms with van der Waals surface area (Å²) in [5.74, 6) is -0.868. The third kappa shape index (κ3) is 8.98. The molecule has 0 spiro atoms. The highest BCUT2D eigenvalue weighted by Crippen LogP contribution is 2.29. The quantitative estimate of drug-likeness (QED) is 0.188. The van der Waals surface area contributed by atoms with Gasteiger partial charge in [-0.15, -0.1) is 0 Å². The number of halogens is 1. The maximum atomic E-state index is 14.7. The van der Waals surface area contributed by atoms with Gasteiger partial charge in [0.15, 0.2) is 0 Å². The highest BCUT2D eigenvalue weighted by atomic mass is 35.5. The average Bonchev–Trinajstić information content (AvgIpc) is 2.98. The van der Waals surface area contributed by atoms with E-state index in [0.29, 0.717) is 21.8 Å². The lowest BCUT2D eigenvalue weighted by Gasteiger charge is -2.35. The van der Waals surface area contributed by atoms with E-state index in [9.17, 15) is 18.0 Å². The summed E-state index contributed by atoms with van der Waals surface area (Å²) in [4.78, 5) is 30.2. The van der Waals surface area contributed by atoms with Crippen LogP contribution in [0.5, 0.6) is 0 Å². The predicted molar refractivity (Wildman–Crippen MR) is 185 cm³/mol. The first-order valence-electron chi connectivity index (χ1n) is 15.2. The van der Waals surface area contributed by atoms with Gasteiger partial charge in [0.1, 0.15) is 12.6 Å². The van der Waals surface area contributed by atoms with Crippen molar-refractivity contribution in [2.24, 2.45) is 0 Å². The van der Waals surface area contributed by atoms with Crippen LogP contribution in [0.4, 0.5) is 5.69 Å². The highest BCUT2D eigenvalue weighted by Gasteiger charge is 2.36. The molecule has 4 rings (SSSR count). The molecule has 0 radical (unpaired) electrons. The molecule has 0 unspecified atom stereocenters. The van der Waals surface area contributed by atoms with Crippen molar-refractivity contribution in [1.82, 2.24) is 10.2 Å². The van der Waals surface area contributed by atoms with Crippen LogP contribution in [0.3, 0.4) is 0 Å². The summed E-state index contributed by atoms with van der Waals surface area (Å²) in [6.07, 6.45) is 0.225. The van der Waals surface area contributed by atoms with Crippen molar-refractivity contribution in [3.8, 4) is 0 Å². The molecule has 0 aliphatic rings. The van der Waals surface area contributed by atoms with Crippen LogP contribution >= 0.6 is 11.6 Å². The zero-order chi connectivity index (χ0) is 33.6. The molecule has 4 aromatic carbocycles. The lowest BCUT2D eigenvalue weighted by atomic mass is 10.0. The van der Waals surface area contributed by atoms with Gasteiger partial charge in [-0.1, -0.05) is 83.9 Å².